The van der Waals surface area contributed by atoms with Crippen molar-refractivity contribution in [1.82, 2.24) is 0 Å². The van der Waals surface area contributed by atoms with E-state index in [9.17, 15) is 4.79 Å². The van der Waals surface area contributed by atoms with Crippen LogP contribution in [0.3, 0.4) is 0 Å². The van der Waals surface area contributed by atoms with E-state index in [2.05, 4.69) is 0 Å². The van der Waals surface area contributed by atoms with Gasteiger partial charge in [-0.2, -0.15) is 0 Å². The van der Waals surface area contributed by atoms with Crippen molar-refractivity contribution < 1.29 is 9.53 Å². The van der Waals surface area contributed by atoms with Crippen molar-refractivity contribution in [2.24, 2.45) is 5.73 Å². The summed E-state index contributed by atoms with van der Waals surface area (Å²) in [7, 11) is 1.79. The number of fused-ring (bicyclic) bond motifs is 1. The Morgan fingerprint density at radius 3 is 2.82 bits per heavy atom. The second kappa shape index (κ2) is 6.20. The van der Waals surface area contributed by atoms with Crippen molar-refractivity contribution in [2.45, 2.75) is 18.9 Å². The highest BCUT2D eigenvalue weighted by Gasteiger charge is 2.19. The molecular weight excluding hydrogens is 276 g/mol. The summed E-state index contributed by atoms with van der Waals surface area (Å²) in [6.07, 6.45) is 1.18. The van der Waals surface area contributed by atoms with E-state index in [1.54, 1.807) is 11.9 Å². The number of hydrogen-bond donors (Lipinski definition) is 1. The van der Waals surface area contributed by atoms with Gasteiger partial charge < -0.3 is 15.4 Å². The van der Waals surface area contributed by atoms with Gasteiger partial charge in [-0.3, -0.25) is 4.79 Å². The molecule has 0 saturated heterocycles. The molecule has 22 heavy (non-hydrogen) atoms. The summed E-state index contributed by atoms with van der Waals surface area (Å²) >= 11 is 0. The summed E-state index contributed by atoms with van der Waals surface area (Å²) in [5, 5.41) is 0. The molecule has 0 saturated carbocycles. The van der Waals surface area contributed by atoms with Crippen LogP contribution in [0.1, 0.15) is 23.6 Å². The topological polar surface area (TPSA) is 55.6 Å². The zero-order valence-electron chi connectivity index (χ0n) is 12.7. The van der Waals surface area contributed by atoms with E-state index in [1.807, 2.05) is 48.5 Å². The van der Waals surface area contributed by atoms with Crippen LogP contribution in [0, 0.1) is 0 Å². The van der Waals surface area contributed by atoms with Gasteiger partial charge >= 0.3 is 0 Å². The molecule has 114 valence electrons. The molecular formula is C18H20N2O2. The number of carbonyl (C=O) groups is 1. The third-order valence-electron chi connectivity index (χ3n) is 4.06. The lowest BCUT2D eigenvalue weighted by atomic mass is 10.0. The van der Waals surface area contributed by atoms with E-state index < -0.39 is 0 Å². The molecule has 1 amide bonds. The summed E-state index contributed by atoms with van der Waals surface area (Å²) in [5.41, 5.74) is 9.15. The molecule has 1 atom stereocenters. The molecule has 0 aromatic heterocycles. The minimum atomic E-state index is -0.283. The van der Waals surface area contributed by atoms with Gasteiger partial charge in [-0.05, 0) is 29.3 Å². The molecule has 0 fully saturated rings. The predicted molar refractivity (Wildman–Crippen MR) is 87.0 cm³/mol. The Labute approximate surface area is 130 Å². The van der Waals surface area contributed by atoms with Gasteiger partial charge in [-0.15, -0.1) is 0 Å². The fourth-order valence-corrected chi connectivity index (χ4v) is 2.67. The summed E-state index contributed by atoms with van der Waals surface area (Å²) in [5.74, 6) is 0.931. The number of amides is 1. The van der Waals surface area contributed by atoms with Crippen LogP contribution in [0.2, 0.25) is 0 Å². The molecule has 2 aromatic rings. The molecule has 0 radical (unpaired) electrons. The molecule has 0 spiro atoms. The second-order valence-electron chi connectivity index (χ2n) is 5.56. The van der Waals surface area contributed by atoms with Gasteiger partial charge in [0.1, 0.15) is 5.75 Å². The van der Waals surface area contributed by atoms with E-state index in [1.165, 1.54) is 0 Å². The average Bonchev–Trinajstić information content (AvgIpc) is 3.02. The van der Waals surface area contributed by atoms with Crippen molar-refractivity contribution >= 4 is 11.6 Å². The van der Waals surface area contributed by atoms with E-state index in [-0.39, 0.29) is 18.4 Å². The molecule has 0 unspecified atom stereocenters. The van der Waals surface area contributed by atoms with Gasteiger partial charge in [-0.25, -0.2) is 0 Å². The van der Waals surface area contributed by atoms with Crippen molar-refractivity contribution in [3.63, 3.8) is 0 Å². The first kappa shape index (κ1) is 14.6. The first-order valence-electron chi connectivity index (χ1n) is 7.48. The fourth-order valence-electron chi connectivity index (χ4n) is 2.67. The quantitative estimate of drug-likeness (QED) is 0.943. The lowest BCUT2D eigenvalue weighted by Crippen LogP contribution is -2.29. The molecule has 3 rings (SSSR count). The molecule has 2 N–H and O–H groups in total. The van der Waals surface area contributed by atoms with Gasteiger partial charge in [0, 0.05) is 31.6 Å². The van der Waals surface area contributed by atoms with Gasteiger partial charge in [0.05, 0.1) is 6.61 Å². The number of ether oxygens (including phenoxy) is 1. The largest absolute Gasteiger partial charge is 0.493 e. The number of anilines is 1. The van der Waals surface area contributed by atoms with E-state index >= 15 is 0 Å². The van der Waals surface area contributed by atoms with E-state index in [0.717, 1.165) is 35.6 Å². The predicted octanol–water partition coefficient (Wildman–Crippen LogP) is 2.67. The lowest BCUT2D eigenvalue weighted by molar-refractivity contribution is -0.118. The van der Waals surface area contributed by atoms with Gasteiger partial charge in [0.2, 0.25) is 5.91 Å². The Balaban J connectivity index is 1.69. The molecule has 1 heterocycles. The number of carbonyl (C=O) groups excluding carboxylic acids is 1. The van der Waals surface area contributed by atoms with Crippen LogP contribution in [0.15, 0.2) is 48.5 Å². The van der Waals surface area contributed by atoms with Gasteiger partial charge in [-0.1, -0.05) is 30.3 Å². The normalized spacial score (nSPS) is 14.1. The number of hydrogen-bond acceptors (Lipinski definition) is 3. The minimum absolute atomic E-state index is 0.00946. The van der Waals surface area contributed by atoms with Crippen molar-refractivity contribution in [1.29, 1.82) is 0 Å². The summed E-state index contributed by atoms with van der Waals surface area (Å²) in [4.78, 5) is 14.1. The first-order chi connectivity index (χ1) is 10.6. The third kappa shape index (κ3) is 2.97. The summed E-state index contributed by atoms with van der Waals surface area (Å²) in [6.45, 7) is 0.718. The summed E-state index contributed by atoms with van der Waals surface area (Å²) < 4.78 is 5.49. The van der Waals surface area contributed by atoms with Gasteiger partial charge in [0.25, 0.3) is 0 Å². The Morgan fingerprint density at radius 2 is 2.05 bits per heavy atom. The number of benzene rings is 2. The highest BCUT2D eigenvalue weighted by Crippen LogP contribution is 2.29. The number of nitrogens with two attached hydrogens (primary N) is 1. The molecule has 4 heteroatoms. The molecule has 0 aliphatic carbocycles. The van der Waals surface area contributed by atoms with E-state index in [4.69, 9.17) is 10.5 Å². The lowest BCUT2D eigenvalue weighted by Gasteiger charge is -2.20. The average molecular weight is 296 g/mol. The monoisotopic (exact) mass is 296 g/mol. The zero-order chi connectivity index (χ0) is 15.5. The maximum Gasteiger partial charge on any atom is 0.228 e. The smallest absolute Gasteiger partial charge is 0.228 e. The van der Waals surface area contributed by atoms with Crippen LogP contribution in [0.4, 0.5) is 5.69 Å². The van der Waals surface area contributed by atoms with Crippen molar-refractivity contribution in [3.8, 4) is 5.75 Å². The fraction of sp³-hybridized carbons (Fsp3) is 0.278. The molecule has 1 aliphatic rings. The standard InChI is InChI=1S/C18H20N2O2/c1-20(15-7-8-17-14(11-15)9-10-22-17)18(21)12-16(19)13-5-3-2-4-6-13/h2-8,11,16H,9-10,12,19H2,1H3/t16-/m1/s1. The SMILES string of the molecule is CN(C(=O)C[C@@H](N)c1ccccc1)c1ccc2c(c1)CCO2. The Bertz CT molecular complexity index is 670. The highest BCUT2D eigenvalue weighted by atomic mass is 16.5. The van der Waals surface area contributed by atoms with E-state index in [0.29, 0.717) is 0 Å². The number of rotatable bonds is 4. The summed E-state index contributed by atoms with van der Waals surface area (Å²) in [6, 6.07) is 15.3. The maximum atomic E-state index is 12.4. The molecule has 4 nitrogen and oxygen atoms in total. The Kier molecular flexibility index (Phi) is 4.11. The number of nitrogens with zero attached hydrogens (tertiary/aromatic N) is 1. The molecule has 1 aliphatic heterocycles. The zero-order valence-corrected chi connectivity index (χ0v) is 12.7. The van der Waals surface area contributed by atoms with Crippen LogP contribution in [-0.2, 0) is 11.2 Å². The first-order valence-corrected chi connectivity index (χ1v) is 7.48. The molecule has 0 bridgehead atoms. The second-order valence-corrected chi connectivity index (χ2v) is 5.56. The third-order valence-corrected chi connectivity index (χ3v) is 4.06. The Hall–Kier alpha value is -2.33. The minimum Gasteiger partial charge on any atom is -0.493 e. The highest BCUT2D eigenvalue weighted by molar-refractivity contribution is 5.93. The van der Waals surface area contributed by atoms with Crippen LogP contribution in [-0.4, -0.2) is 19.6 Å². The van der Waals surface area contributed by atoms with Crippen LogP contribution in [0.25, 0.3) is 0 Å². The molecule has 2 aromatic carbocycles. The van der Waals surface area contributed by atoms with Crippen molar-refractivity contribution in [3.05, 3.63) is 59.7 Å². The van der Waals surface area contributed by atoms with Crippen LogP contribution < -0.4 is 15.4 Å². The van der Waals surface area contributed by atoms with Crippen LogP contribution >= 0.6 is 0 Å². The van der Waals surface area contributed by atoms with Crippen molar-refractivity contribution in [2.75, 3.05) is 18.6 Å². The maximum absolute atomic E-state index is 12.4. The van der Waals surface area contributed by atoms with Crippen LogP contribution in [0.5, 0.6) is 5.75 Å². The van der Waals surface area contributed by atoms with Gasteiger partial charge in [0.15, 0.2) is 0 Å². The Morgan fingerprint density at radius 1 is 1.27 bits per heavy atom.